The SMILES string of the molecule is C[C@H](O)CCC[C@@H]1CC[C@@]23CC[C@@]1(/C=C/C(=O)CCc1ccc(O)c(c1)OCCc1ccc(O)c(c1)[C@H]1CC([O-])=C4C=CN=C4CC#Cc4cc(C(N)N)c(cc41)CSSC2)C3. The van der Waals surface area contributed by atoms with Gasteiger partial charge in [-0.15, -0.1) is 5.76 Å². The van der Waals surface area contributed by atoms with E-state index >= 15 is 0 Å². The lowest BCUT2D eigenvalue weighted by atomic mass is 9.62. The number of aliphatic hydroxyl groups excluding tert-OH is 1. The Morgan fingerprint density at radius 2 is 1.81 bits per heavy atom. The topological polar surface area (TPSA) is 174 Å². The summed E-state index contributed by atoms with van der Waals surface area (Å²) >= 11 is 0. The smallest absolute Gasteiger partial charge is 0.161 e. The number of phenols is 2. The maximum atomic E-state index is 14.2. The molecule has 62 heavy (non-hydrogen) atoms. The third kappa shape index (κ3) is 9.85. The molecule has 2 saturated carbocycles. The Bertz CT molecular complexity index is 2380. The zero-order valence-corrected chi connectivity index (χ0v) is 37.2. The predicted molar refractivity (Wildman–Crippen MR) is 248 cm³/mol. The number of nitrogens with two attached hydrogens (primary N) is 2. The number of carbonyl (C=O) groups is 1. The first-order valence-electron chi connectivity index (χ1n) is 22.1. The highest BCUT2D eigenvalue weighted by molar-refractivity contribution is 8.76. The molecule has 2 aliphatic heterocycles. The maximum Gasteiger partial charge on any atom is 0.161 e. The van der Waals surface area contributed by atoms with Gasteiger partial charge in [0.15, 0.2) is 17.3 Å². The molecule has 7 N–H and O–H groups in total. The summed E-state index contributed by atoms with van der Waals surface area (Å²) in [5.41, 5.74) is 20.0. The molecule has 0 saturated heterocycles. The molecule has 11 heteroatoms. The maximum absolute atomic E-state index is 14.2. The van der Waals surface area contributed by atoms with Crippen LogP contribution < -0.4 is 21.3 Å². The van der Waals surface area contributed by atoms with Crippen LogP contribution in [0.1, 0.15) is 129 Å². The van der Waals surface area contributed by atoms with Gasteiger partial charge in [0.05, 0.1) is 31.0 Å². The lowest BCUT2D eigenvalue weighted by Crippen LogP contribution is -2.35. The lowest BCUT2D eigenvalue weighted by molar-refractivity contribution is -0.307. The van der Waals surface area contributed by atoms with E-state index in [9.17, 15) is 25.2 Å². The molecule has 8 bridgehead atoms. The second-order valence-electron chi connectivity index (χ2n) is 18.2. The van der Waals surface area contributed by atoms with E-state index in [2.05, 4.69) is 29.0 Å². The highest BCUT2D eigenvalue weighted by Gasteiger charge is 2.53. The lowest BCUT2D eigenvalue weighted by Gasteiger charge is -2.44. The molecule has 5 aliphatic rings. The van der Waals surface area contributed by atoms with E-state index in [1.807, 2.05) is 54.1 Å². The van der Waals surface area contributed by atoms with Crippen molar-refractivity contribution in [2.45, 2.75) is 114 Å². The highest BCUT2D eigenvalue weighted by atomic mass is 33.1. The molecule has 3 aromatic carbocycles. The number of hydrogen-bond acceptors (Lipinski definition) is 11. The number of aryl methyl sites for hydroxylation is 1. The summed E-state index contributed by atoms with van der Waals surface area (Å²) in [6, 6.07) is 14.8. The second kappa shape index (κ2) is 19.1. The Labute approximate surface area is 373 Å². The number of rotatable bonds is 5. The van der Waals surface area contributed by atoms with Crippen LogP contribution in [0, 0.1) is 28.6 Å². The number of carbonyl (C=O) groups excluding carboxylic acids is 1. The normalized spacial score (nSPS) is 26.3. The number of aromatic hydroxyl groups is 2. The number of nitrogens with zero attached hydrogens (tertiary/aromatic N) is 1. The average molecular weight is 873 g/mol. The van der Waals surface area contributed by atoms with Crippen molar-refractivity contribution in [3.8, 4) is 29.1 Å². The third-order valence-corrected chi connectivity index (χ3v) is 16.4. The summed E-state index contributed by atoms with van der Waals surface area (Å²) in [6.07, 6.45) is 16.5. The van der Waals surface area contributed by atoms with Crippen LogP contribution in [-0.4, -0.2) is 45.3 Å². The zero-order valence-electron chi connectivity index (χ0n) is 35.5. The third-order valence-electron chi connectivity index (χ3n) is 13.9. The molecule has 8 rings (SSSR count). The Balaban J connectivity index is 1.17. The van der Waals surface area contributed by atoms with Crippen LogP contribution in [0.3, 0.4) is 0 Å². The van der Waals surface area contributed by atoms with Gasteiger partial charge in [-0.3, -0.25) is 9.79 Å². The van der Waals surface area contributed by atoms with Crippen LogP contribution in [0.2, 0.25) is 0 Å². The molecule has 0 spiro atoms. The molecule has 0 radical (unpaired) electrons. The van der Waals surface area contributed by atoms with Gasteiger partial charge < -0.3 is 36.6 Å². The standard InChI is InChI=1S/C51H59N3O6S2/c1-32(55)4-2-6-37-14-18-50-20-21-51(37,30-50)19-15-38(56)11-8-33-10-13-46(58)48(25-33)60-23-17-34-9-12-45(57)43(24-34)42-28-47(59)39-16-22-54-44(39)7-3-5-35-26-41(49(52)53)36(27-40(35)42)29-61-62-31-50/h9-10,12-13,15-16,19,22,24-27,32,37,42,49,55,57-59H,2,4,6-8,11,14,17-18,20-21,23,28-31,52-53H2,1H3/p-1/b19-15+,47-39?/t32-,37+,42-,50-,51-/m0/s1. The Hall–Kier alpha value is -4.44. The number of ether oxygens (including phenoxy) is 1. The van der Waals surface area contributed by atoms with E-state index < -0.39 is 12.1 Å². The van der Waals surface area contributed by atoms with Crippen LogP contribution in [0.5, 0.6) is 17.2 Å². The monoisotopic (exact) mass is 872 g/mol. The minimum absolute atomic E-state index is 0.0225. The zero-order chi connectivity index (χ0) is 43.4. The minimum atomic E-state index is -0.748. The fourth-order valence-electron chi connectivity index (χ4n) is 10.5. The summed E-state index contributed by atoms with van der Waals surface area (Å²) in [5, 5.41) is 46.5. The largest absolute Gasteiger partial charge is 0.875 e. The van der Waals surface area contributed by atoms with E-state index in [0.29, 0.717) is 65.5 Å². The van der Waals surface area contributed by atoms with E-state index in [-0.39, 0.29) is 53.0 Å². The first kappa shape index (κ1) is 44.2. The van der Waals surface area contributed by atoms with Crippen LogP contribution in [0.15, 0.2) is 89.3 Å². The van der Waals surface area contributed by atoms with Gasteiger partial charge in [0, 0.05) is 47.6 Å². The number of fused-ring (bicyclic) bond motifs is 7. The molecule has 0 unspecified atom stereocenters. The molecule has 9 nitrogen and oxygen atoms in total. The van der Waals surface area contributed by atoms with Gasteiger partial charge in [-0.05, 0) is 151 Å². The van der Waals surface area contributed by atoms with Crippen LogP contribution in [0.25, 0.3) is 0 Å². The molecule has 3 aromatic rings. The minimum Gasteiger partial charge on any atom is -0.875 e. The number of hydrogen-bond donors (Lipinski definition) is 5. The van der Waals surface area contributed by atoms with Crippen molar-refractivity contribution in [3.63, 3.8) is 0 Å². The fraction of sp³-hybridized carbons (Fsp3) is 0.451. The molecule has 2 heterocycles. The summed E-state index contributed by atoms with van der Waals surface area (Å²) in [4.78, 5) is 18.0. The van der Waals surface area contributed by atoms with Crippen LogP contribution in [0.4, 0.5) is 0 Å². The van der Waals surface area contributed by atoms with E-state index in [1.54, 1.807) is 35.2 Å². The van der Waals surface area contributed by atoms with Crippen molar-refractivity contribution in [2.75, 3.05) is 12.4 Å². The van der Waals surface area contributed by atoms with Gasteiger partial charge >= 0.3 is 0 Å². The van der Waals surface area contributed by atoms with Crippen molar-refractivity contribution in [2.24, 2.45) is 33.2 Å². The Morgan fingerprint density at radius 1 is 0.984 bits per heavy atom. The number of ketones is 1. The molecule has 3 aliphatic carbocycles. The average Bonchev–Trinajstić information content (AvgIpc) is 3.85. The summed E-state index contributed by atoms with van der Waals surface area (Å²) < 4.78 is 6.15. The first-order chi connectivity index (χ1) is 29.9. The number of aliphatic imine (C=N–C) groups is 1. The van der Waals surface area contributed by atoms with Crippen LogP contribution in [-0.2, 0) is 23.4 Å². The van der Waals surface area contributed by atoms with Crippen molar-refractivity contribution < 1.29 is 30.0 Å². The van der Waals surface area contributed by atoms with E-state index in [4.69, 9.17) is 16.2 Å². The summed E-state index contributed by atoms with van der Waals surface area (Å²) in [6.45, 7) is 2.10. The quantitative estimate of drug-likeness (QED) is 0.0950. The number of phenolic OH excluding ortho intramolecular Hbond substituents is 2. The van der Waals surface area contributed by atoms with Gasteiger partial charge in [0.2, 0.25) is 0 Å². The van der Waals surface area contributed by atoms with E-state index in [0.717, 1.165) is 84.9 Å². The first-order valence-corrected chi connectivity index (χ1v) is 24.6. The van der Waals surface area contributed by atoms with Crippen molar-refractivity contribution in [1.29, 1.82) is 0 Å². The van der Waals surface area contributed by atoms with E-state index in [1.165, 1.54) is 0 Å². The van der Waals surface area contributed by atoms with Gasteiger partial charge in [-0.2, -0.15) is 0 Å². The molecule has 2 fully saturated rings. The molecular weight excluding hydrogens is 815 g/mol. The van der Waals surface area contributed by atoms with Crippen LogP contribution >= 0.6 is 21.6 Å². The summed E-state index contributed by atoms with van der Waals surface area (Å²) in [5.74, 6) is 8.66. The summed E-state index contributed by atoms with van der Waals surface area (Å²) in [7, 11) is 3.68. The number of aliphatic hydroxyl groups is 1. The fourth-order valence-corrected chi connectivity index (χ4v) is 13.3. The molecule has 326 valence electrons. The molecule has 0 amide bonds. The van der Waals surface area contributed by atoms with Gasteiger partial charge in [-0.25, -0.2) is 0 Å². The number of allylic oxidation sites excluding steroid dienone is 5. The van der Waals surface area contributed by atoms with Gasteiger partial charge in [0.25, 0.3) is 0 Å². The number of benzene rings is 3. The molecule has 5 atom stereocenters. The van der Waals surface area contributed by atoms with Gasteiger partial charge in [-0.1, -0.05) is 70.2 Å². The predicted octanol–water partition coefficient (Wildman–Crippen LogP) is 8.57. The highest BCUT2D eigenvalue weighted by Crippen LogP contribution is 2.64. The van der Waals surface area contributed by atoms with Crippen molar-refractivity contribution in [1.82, 2.24) is 0 Å². The Morgan fingerprint density at radius 3 is 2.63 bits per heavy atom. The molecule has 0 aromatic heterocycles. The Kier molecular flexibility index (Phi) is 13.6. The van der Waals surface area contributed by atoms with Crippen molar-refractivity contribution in [3.05, 3.63) is 123 Å². The van der Waals surface area contributed by atoms with Crippen molar-refractivity contribution >= 4 is 33.1 Å². The molecular formula is C51H58N3O6S2-. The second-order valence-corrected chi connectivity index (χ2v) is 20.6. The van der Waals surface area contributed by atoms with Gasteiger partial charge in [0.1, 0.15) is 5.75 Å².